The van der Waals surface area contributed by atoms with Crippen molar-refractivity contribution in [1.82, 2.24) is 0 Å². The van der Waals surface area contributed by atoms with Crippen molar-refractivity contribution >= 4 is 46.1 Å². The van der Waals surface area contributed by atoms with E-state index in [1.807, 2.05) is 0 Å². The number of esters is 2. The molecule has 7 rings (SSSR count). The Balaban J connectivity index is 1.14. The number of ether oxygens (including phenoxy) is 10. The summed E-state index contributed by atoms with van der Waals surface area (Å²) in [6.45, 7) is -2.25. The van der Waals surface area contributed by atoms with E-state index in [4.69, 9.17) is 47.4 Å². The Labute approximate surface area is 348 Å². The zero-order valence-electron chi connectivity index (χ0n) is 31.6. The van der Waals surface area contributed by atoms with E-state index in [9.17, 15) is 60.0 Å². The topological polar surface area (TPSA) is 322 Å². The van der Waals surface area contributed by atoms with Crippen LogP contribution >= 0.6 is 23.5 Å². The Bertz CT molecular complexity index is 1780. The number of aliphatic hydroxyl groups is 8. The van der Waals surface area contributed by atoms with Gasteiger partial charge < -0.3 is 88.2 Å². The van der Waals surface area contributed by atoms with E-state index in [2.05, 4.69) is 0 Å². The number of hydrogen-bond acceptors (Lipinski definition) is 24. The first kappa shape index (κ1) is 44.7. The van der Waals surface area contributed by atoms with Gasteiger partial charge in [-0.15, -0.1) is 0 Å². The summed E-state index contributed by atoms with van der Waals surface area (Å²) in [5.74, 6) is -5.84. The SMILES string of the molecule is CSC(=O)OCC1=CC(O)C2C(C(=O)OC3C(OC4OC=C5C(=O)OC6C=C(COC(=O)SC)C4C56)OC(CO)C(O)C3O)=COC(OC3OC(CO)C(O)C(O)C3O)C12. The molecule has 0 saturated carbocycles. The lowest BCUT2D eigenvalue weighted by atomic mass is 9.82. The molecule has 18 atom stereocenters. The van der Waals surface area contributed by atoms with Crippen LogP contribution < -0.4 is 0 Å². The first-order valence-corrected chi connectivity index (χ1v) is 21.0. The number of rotatable bonds is 12. The lowest BCUT2D eigenvalue weighted by molar-refractivity contribution is -0.342. The second kappa shape index (κ2) is 18.6. The van der Waals surface area contributed by atoms with Gasteiger partial charge in [0.15, 0.2) is 12.4 Å². The van der Waals surface area contributed by atoms with Gasteiger partial charge in [-0.3, -0.25) is 0 Å². The molecule has 5 aliphatic heterocycles. The van der Waals surface area contributed by atoms with Gasteiger partial charge in [-0.05, 0) is 53.3 Å². The van der Waals surface area contributed by atoms with Crippen LogP contribution in [-0.4, -0.2) is 189 Å². The maximum absolute atomic E-state index is 14.2. The maximum atomic E-state index is 14.2. The van der Waals surface area contributed by atoms with E-state index in [1.165, 1.54) is 18.6 Å². The molecule has 0 aromatic heterocycles. The molecule has 22 nitrogen and oxygen atoms in total. The third kappa shape index (κ3) is 8.43. The van der Waals surface area contributed by atoms with Gasteiger partial charge in [0.2, 0.25) is 18.9 Å². The molecule has 0 bridgehead atoms. The van der Waals surface area contributed by atoms with Crippen LogP contribution in [0.4, 0.5) is 9.59 Å². The molecule has 332 valence electrons. The fourth-order valence-corrected chi connectivity index (χ4v) is 8.65. The lowest BCUT2D eigenvalue weighted by Crippen LogP contribution is -2.61. The largest absolute Gasteiger partial charge is 0.471 e. The predicted octanol–water partition coefficient (Wildman–Crippen LogP) is -2.72. The van der Waals surface area contributed by atoms with E-state index in [0.717, 1.165) is 36.0 Å². The first-order chi connectivity index (χ1) is 28.7. The van der Waals surface area contributed by atoms with Crippen molar-refractivity contribution in [2.24, 2.45) is 23.7 Å². The molecule has 0 aromatic carbocycles. The number of thioether (sulfide) groups is 2. The molecule has 3 saturated heterocycles. The fraction of sp³-hybridized carbons (Fsp3) is 0.667. The van der Waals surface area contributed by atoms with E-state index >= 15 is 0 Å². The average molecular weight is 893 g/mol. The summed E-state index contributed by atoms with van der Waals surface area (Å²) in [4.78, 5) is 50.8. The summed E-state index contributed by atoms with van der Waals surface area (Å²) in [7, 11) is 0. The molecular formula is C36H44O22S2. The van der Waals surface area contributed by atoms with Crippen LogP contribution in [0.5, 0.6) is 0 Å². The van der Waals surface area contributed by atoms with Gasteiger partial charge in [0.25, 0.3) is 0 Å². The van der Waals surface area contributed by atoms with Gasteiger partial charge in [-0.2, -0.15) is 0 Å². The fourth-order valence-electron chi connectivity index (χ4n) is 8.30. The smallest absolute Gasteiger partial charge is 0.367 e. The summed E-state index contributed by atoms with van der Waals surface area (Å²) >= 11 is 1.59. The summed E-state index contributed by atoms with van der Waals surface area (Å²) < 4.78 is 56.7. The van der Waals surface area contributed by atoms with Crippen molar-refractivity contribution in [3.05, 3.63) is 47.0 Å². The number of aliphatic hydroxyl groups excluding tert-OH is 8. The van der Waals surface area contributed by atoms with Crippen LogP contribution in [0.1, 0.15) is 0 Å². The van der Waals surface area contributed by atoms with Crippen LogP contribution in [-0.2, 0) is 57.0 Å². The summed E-state index contributed by atoms with van der Waals surface area (Å²) in [6, 6.07) is 0. The van der Waals surface area contributed by atoms with Gasteiger partial charge in [0, 0.05) is 11.8 Å². The van der Waals surface area contributed by atoms with Gasteiger partial charge >= 0.3 is 22.5 Å². The second-order valence-corrected chi connectivity index (χ2v) is 16.1. The third-order valence-corrected chi connectivity index (χ3v) is 12.2. The summed E-state index contributed by atoms with van der Waals surface area (Å²) in [5, 5.41) is 83.2. The van der Waals surface area contributed by atoms with Crippen LogP contribution in [0.15, 0.2) is 47.0 Å². The van der Waals surface area contributed by atoms with Crippen molar-refractivity contribution in [2.45, 2.75) is 86.2 Å². The highest BCUT2D eigenvalue weighted by Gasteiger charge is 2.58. The molecule has 0 spiro atoms. The quantitative estimate of drug-likeness (QED) is 0.0561. The van der Waals surface area contributed by atoms with E-state index < -0.39 is 152 Å². The molecule has 0 amide bonds. The first-order valence-electron chi connectivity index (χ1n) is 18.6. The predicted molar refractivity (Wildman–Crippen MR) is 195 cm³/mol. The molecule has 3 fully saturated rings. The second-order valence-electron chi connectivity index (χ2n) is 14.6. The third-order valence-electron chi connectivity index (χ3n) is 11.3. The molecule has 0 radical (unpaired) electrons. The molecular weight excluding hydrogens is 849 g/mol. The molecule has 18 unspecified atom stereocenters. The Hall–Kier alpha value is -3.34. The molecule has 5 heterocycles. The van der Waals surface area contributed by atoms with Crippen LogP contribution in [0.25, 0.3) is 0 Å². The molecule has 8 N–H and O–H groups in total. The van der Waals surface area contributed by atoms with Gasteiger partial charge in [0.05, 0.1) is 54.8 Å². The number of fused-ring (bicyclic) bond motifs is 1. The van der Waals surface area contributed by atoms with Crippen molar-refractivity contribution in [3.8, 4) is 0 Å². The molecule has 7 aliphatic rings. The standard InChI is InChI=1S/C36H44O22S2/c1-59-35(47)51-7-11-3-15(39)21-13(9-49-31(19(11)21)57-33-27(44)25(42)23(40)17(5-37)54-33)30(46)56-28-26(43)24(41)18(6-38)55-34(28)58-32-20-12(8-52-36(48)60-2)4-16-22(20)14(10-50-32)29(45)53-16/h3-4,9-10,15-28,31-34,37-44H,5-8H2,1-2H3. The van der Waals surface area contributed by atoms with Crippen LogP contribution in [0, 0.1) is 23.7 Å². The molecule has 2 aliphatic carbocycles. The maximum Gasteiger partial charge on any atom is 0.367 e. The van der Waals surface area contributed by atoms with E-state index in [1.54, 1.807) is 6.08 Å². The Kier molecular flexibility index (Phi) is 13.8. The summed E-state index contributed by atoms with van der Waals surface area (Å²) in [5.41, 5.74) is 0.458. The van der Waals surface area contributed by atoms with E-state index in [-0.39, 0.29) is 23.3 Å². The molecule has 60 heavy (non-hydrogen) atoms. The number of hydrogen-bond donors (Lipinski definition) is 8. The average Bonchev–Trinajstić information content (AvgIpc) is 3.89. The van der Waals surface area contributed by atoms with Crippen molar-refractivity contribution in [2.75, 3.05) is 38.9 Å². The minimum atomic E-state index is -1.97. The highest BCUT2D eigenvalue weighted by atomic mass is 32.2. The molecule has 0 aromatic rings. The monoisotopic (exact) mass is 892 g/mol. The Morgan fingerprint density at radius 1 is 0.667 bits per heavy atom. The van der Waals surface area contributed by atoms with Crippen molar-refractivity contribution in [1.29, 1.82) is 0 Å². The number of carbonyl (C=O) groups is 4. The summed E-state index contributed by atoms with van der Waals surface area (Å²) in [6.07, 6.45) is -14.7. The van der Waals surface area contributed by atoms with Crippen molar-refractivity contribution in [3.63, 3.8) is 0 Å². The zero-order valence-corrected chi connectivity index (χ0v) is 33.3. The highest BCUT2D eigenvalue weighted by molar-refractivity contribution is 8.12. The number of carbonyl (C=O) groups excluding carboxylic acids is 4. The van der Waals surface area contributed by atoms with Gasteiger partial charge in [-0.1, -0.05) is 6.08 Å². The van der Waals surface area contributed by atoms with E-state index in [0.29, 0.717) is 5.57 Å². The van der Waals surface area contributed by atoms with Crippen LogP contribution in [0.2, 0.25) is 0 Å². The lowest BCUT2D eigenvalue weighted by Gasteiger charge is -2.44. The Morgan fingerprint density at radius 2 is 1.22 bits per heavy atom. The highest BCUT2D eigenvalue weighted by Crippen LogP contribution is 2.50. The zero-order chi connectivity index (χ0) is 43.2. The van der Waals surface area contributed by atoms with Gasteiger partial charge in [0.1, 0.15) is 62.0 Å². The normalized spacial score (nSPS) is 41.6. The molecule has 24 heteroatoms. The van der Waals surface area contributed by atoms with Crippen LogP contribution in [0.3, 0.4) is 0 Å². The Morgan fingerprint density at radius 3 is 1.83 bits per heavy atom. The van der Waals surface area contributed by atoms with Gasteiger partial charge in [-0.25, -0.2) is 19.2 Å². The van der Waals surface area contributed by atoms with Crippen molar-refractivity contribution < 1.29 is 107 Å². The minimum absolute atomic E-state index is 0.183. The minimum Gasteiger partial charge on any atom is -0.471 e.